The van der Waals surface area contributed by atoms with E-state index in [1.807, 2.05) is 7.05 Å². The maximum atomic E-state index is 4.79. The summed E-state index contributed by atoms with van der Waals surface area (Å²) in [7, 11) is 1.94. The summed E-state index contributed by atoms with van der Waals surface area (Å²) in [6.07, 6.45) is 2.65. The number of anilines is 1. The van der Waals surface area contributed by atoms with Crippen molar-refractivity contribution >= 4 is 27.4 Å². The third kappa shape index (κ3) is 2.40. The Hall–Kier alpha value is -1.20. The number of hydrogen-bond donors (Lipinski definition) is 1. The van der Waals surface area contributed by atoms with E-state index in [0.717, 1.165) is 35.6 Å². The van der Waals surface area contributed by atoms with Gasteiger partial charge >= 0.3 is 0 Å². The lowest BCUT2D eigenvalue weighted by molar-refractivity contribution is 0.263. The van der Waals surface area contributed by atoms with Gasteiger partial charge in [-0.15, -0.1) is 11.3 Å². The summed E-state index contributed by atoms with van der Waals surface area (Å²) in [5.74, 6) is 1.91. The number of aryl methyl sites for hydroxylation is 2. The molecular weight excluding hydrogens is 268 g/mol. The van der Waals surface area contributed by atoms with Gasteiger partial charge < -0.3 is 5.32 Å². The molecule has 1 fully saturated rings. The van der Waals surface area contributed by atoms with Crippen LogP contribution in [0.4, 0.5) is 5.82 Å². The van der Waals surface area contributed by atoms with Crippen LogP contribution in [0.5, 0.6) is 0 Å². The molecule has 0 bridgehead atoms. The first-order valence-electron chi connectivity index (χ1n) is 7.32. The van der Waals surface area contributed by atoms with Crippen molar-refractivity contribution in [2.45, 2.75) is 46.2 Å². The maximum absolute atomic E-state index is 4.79. The smallest absolute Gasteiger partial charge is 0.146 e. The van der Waals surface area contributed by atoms with Crippen LogP contribution in [0, 0.1) is 13.8 Å². The number of rotatable bonds is 5. The second kappa shape index (κ2) is 5.30. The van der Waals surface area contributed by atoms with E-state index < -0.39 is 0 Å². The molecule has 20 heavy (non-hydrogen) atoms. The molecule has 2 aromatic rings. The molecule has 0 atom stereocenters. The van der Waals surface area contributed by atoms with E-state index in [0.29, 0.717) is 0 Å². The van der Waals surface area contributed by atoms with Crippen molar-refractivity contribution < 1.29 is 0 Å². The molecule has 1 saturated carbocycles. The second-order valence-electron chi connectivity index (χ2n) is 5.50. The first kappa shape index (κ1) is 13.8. The molecule has 4 nitrogen and oxygen atoms in total. The molecule has 2 aromatic heterocycles. The summed E-state index contributed by atoms with van der Waals surface area (Å²) in [6, 6.07) is 0.754. The Kier molecular flexibility index (Phi) is 3.65. The van der Waals surface area contributed by atoms with E-state index in [1.54, 1.807) is 11.3 Å². The highest BCUT2D eigenvalue weighted by Crippen LogP contribution is 2.34. The number of hydrogen-bond acceptors (Lipinski definition) is 5. The van der Waals surface area contributed by atoms with Gasteiger partial charge in [0.1, 0.15) is 16.5 Å². The van der Waals surface area contributed by atoms with E-state index in [2.05, 4.69) is 31.0 Å². The normalized spacial score (nSPS) is 15.2. The summed E-state index contributed by atoms with van der Waals surface area (Å²) < 4.78 is 0. The molecule has 108 valence electrons. The Balaban J connectivity index is 1.99. The van der Waals surface area contributed by atoms with Gasteiger partial charge in [-0.25, -0.2) is 9.97 Å². The number of fused-ring (bicyclic) bond motifs is 1. The zero-order chi connectivity index (χ0) is 14.3. The van der Waals surface area contributed by atoms with Crippen molar-refractivity contribution in [3.05, 3.63) is 16.3 Å². The monoisotopic (exact) mass is 290 g/mol. The first-order chi connectivity index (χ1) is 9.63. The fourth-order valence-corrected chi connectivity index (χ4v) is 3.71. The van der Waals surface area contributed by atoms with Gasteiger partial charge in [0.2, 0.25) is 0 Å². The van der Waals surface area contributed by atoms with Gasteiger partial charge in [-0.05, 0) is 38.8 Å². The zero-order valence-corrected chi connectivity index (χ0v) is 13.5. The zero-order valence-electron chi connectivity index (χ0n) is 12.7. The third-order valence-electron chi connectivity index (χ3n) is 4.13. The minimum atomic E-state index is 0.754. The SMILES string of the molecule is CCN(Cc1nc(NC)c2c(C)c(C)sc2n1)C1CC1. The van der Waals surface area contributed by atoms with Gasteiger partial charge in [0, 0.05) is 18.0 Å². The van der Waals surface area contributed by atoms with Crippen molar-refractivity contribution in [3.8, 4) is 0 Å². The summed E-state index contributed by atoms with van der Waals surface area (Å²) in [5.41, 5.74) is 1.30. The quantitative estimate of drug-likeness (QED) is 0.917. The average molecular weight is 290 g/mol. The summed E-state index contributed by atoms with van der Waals surface area (Å²) in [4.78, 5) is 14.4. The summed E-state index contributed by atoms with van der Waals surface area (Å²) >= 11 is 1.77. The Morgan fingerprint density at radius 2 is 2.05 bits per heavy atom. The van der Waals surface area contributed by atoms with Crippen LogP contribution in [0.25, 0.3) is 10.2 Å². The topological polar surface area (TPSA) is 41.1 Å². The van der Waals surface area contributed by atoms with E-state index in [-0.39, 0.29) is 0 Å². The predicted octanol–water partition coefficient (Wildman–Crippen LogP) is 3.33. The average Bonchev–Trinajstić information content (AvgIpc) is 3.23. The lowest BCUT2D eigenvalue weighted by atomic mass is 10.2. The summed E-state index contributed by atoms with van der Waals surface area (Å²) in [6.45, 7) is 8.46. The third-order valence-corrected chi connectivity index (χ3v) is 5.23. The van der Waals surface area contributed by atoms with Crippen LogP contribution in [0.15, 0.2) is 0 Å². The Labute approximate surface area is 124 Å². The van der Waals surface area contributed by atoms with Crippen LogP contribution in [0.2, 0.25) is 0 Å². The molecule has 5 heteroatoms. The van der Waals surface area contributed by atoms with E-state index >= 15 is 0 Å². The van der Waals surface area contributed by atoms with Gasteiger partial charge in [0.05, 0.1) is 11.9 Å². The Morgan fingerprint density at radius 1 is 1.30 bits per heavy atom. The molecule has 0 saturated heterocycles. The lowest BCUT2D eigenvalue weighted by Crippen LogP contribution is -2.26. The van der Waals surface area contributed by atoms with Gasteiger partial charge in [0.25, 0.3) is 0 Å². The fraction of sp³-hybridized carbons (Fsp3) is 0.600. The lowest BCUT2D eigenvalue weighted by Gasteiger charge is -2.19. The highest BCUT2D eigenvalue weighted by molar-refractivity contribution is 7.18. The molecule has 3 rings (SSSR count). The van der Waals surface area contributed by atoms with Crippen LogP contribution >= 0.6 is 11.3 Å². The molecule has 0 unspecified atom stereocenters. The number of thiophene rings is 1. The van der Waals surface area contributed by atoms with Crippen LogP contribution in [-0.4, -0.2) is 34.5 Å². The summed E-state index contributed by atoms with van der Waals surface area (Å²) in [5, 5.41) is 4.43. The van der Waals surface area contributed by atoms with Crippen LogP contribution in [0.3, 0.4) is 0 Å². The van der Waals surface area contributed by atoms with Crippen LogP contribution < -0.4 is 5.32 Å². The minimum absolute atomic E-state index is 0.754. The molecule has 1 aliphatic rings. The van der Waals surface area contributed by atoms with Crippen molar-refractivity contribution in [3.63, 3.8) is 0 Å². The second-order valence-corrected chi connectivity index (χ2v) is 6.70. The van der Waals surface area contributed by atoms with Crippen molar-refractivity contribution in [2.24, 2.45) is 0 Å². The van der Waals surface area contributed by atoms with E-state index in [9.17, 15) is 0 Å². The van der Waals surface area contributed by atoms with E-state index in [4.69, 9.17) is 9.97 Å². The van der Waals surface area contributed by atoms with Crippen LogP contribution in [0.1, 0.15) is 36.0 Å². The van der Waals surface area contributed by atoms with Gasteiger partial charge in [-0.3, -0.25) is 4.90 Å². The van der Waals surface area contributed by atoms with Gasteiger partial charge in [-0.1, -0.05) is 6.92 Å². The Morgan fingerprint density at radius 3 is 2.65 bits per heavy atom. The predicted molar refractivity (Wildman–Crippen MR) is 85.5 cm³/mol. The van der Waals surface area contributed by atoms with Crippen molar-refractivity contribution in [1.29, 1.82) is 0 Å². The van der Waals surface area contributed by atoms with Gasteiger partial charge in [-0.2, -0.15) is 0 Å². The Bertz CT molecular complexity index is 630. The maximum Gasteiger partial charge on any atom is 0.146 e. The van der Waals surface area contributed by atoms with Gasteiger partial charge in [0.15, 0.2) is 0 Å². The molecule has 2 heterocycles. The van der Waals surface area contributed by atoms with Crippen LogP contribution in [-0.2, 0) is 6.54 Å². The number of nitrogens with one attached hydrogen (secondary N) is 1. The molecule has 0 radical (unpaired) electrons. The van der Waals surface area contributed by atoms with Crippen molar-refractivity contribution in [1.82, 2.24) is 14.9 Å². The van der Waals surface area contributed by atoms with Crippen molar-refractivity contribution in [2.75, 3.05) is 18.9 Å². The van der Waals surface area contributed by atoms with E-state index in [1.165, 1.54) is 28.7 Å². The minimum Gasteiger partial charge on any atom is -0.372 e. The molecule has 0 aliphatic heterocycles. The molecule has 0 aromatic carbocycles. The highest BCUT2D eigenvalue weighted by Gasteiger charge is 2.28. The standard InChI is InChI=1S/C15H22N4S/c1-5-19(11-6-7-11)8-12-17-14(16-4)13-9(2)10(3)20-15(13)18-12/h11H,5-8H2,1-4H3,(H,16,17,18). The number of aromatic nitrogens is 2. The molecule has 1 aliphatic carbocycles. The number of nitrogens with zero attached hydrogens (tertiary/aromatic N) is 3. The molecule has 1 N–H and O–H groups in total. The molecule has 0 spiro atoms. The first-order valence-corrected chi connectivity index (χ1v) is 8.14. The highest BCUT2D eigenvalue weighted by atomic mass is 32.1. The largest absolute Gasteiger partial charge is 0.372 e. The fourth-order valence-electron chi connectivity index (χ4n) is 2.67. The molecular formula is C15H22N4S. The molecule has 0 amide bonds.